The zero-order valence-corrected chi connectivity index (χ0v) is 34.5. The van der Waals surface area contributed by atoms with Gasteiger partial charge in [0, 0.05) is 0 Å². The average Bonchev–Trinajstić information content (AvgIpc) is 3.05. The van der Waals surface area contributed by atoms with Crippen molar-refractivity contribution in [1.29, 1.82) is 0 Å². The minimum Gasteiger partial charge on any atom is -0.350 e. The Morgan fingerprint density at radius 3 is 1.10 bits per heavy atom. The fourth-order valence-corrected chi connectivity index (χ4v) is 10.4. The van der Waals surface area contributed by atoms with Gasteiger partial charge in [-0.2, -0.15) is 0 Å². The normalized spacial score (nSPS) is 24.5. The smallest absolute Gasteiger partial charge is 0.226 e. The highest BCUT2D eigenvalue weighted by molar-refractivity contribution is 5.88. The third-order valence-corrected chi connectivity index (χ3v) is 13.3. The van der Waals surface area contributed by atoms with E-state index in [2.05, 4.69) is 52.7 Å². The molecule has 4 aliphatic carbocycles. The van der Waals surface area contributed by atoms with Gasteiger partial charge < -0.3 is 19.6 Å². The maximum Gasteiger partial charge on any atom is 0.226 e. The summed E-state index contributed by atoms with van der Waals surface area (Å²) in [6.45, 7) is 10.4. The molecule has 6 nitrogen and oxygen atoms in total. The van der Waals surface area contributed by atoms with Gasteiger partial charge in [0.1, 0.15) is 0 Å². The Balaban J connectivity index is 1.33. The third kappa shape index (κ3) is 15.1. The summed E-state index contributed by atoms with van der Waals surface area (Å²) in [5.74, 6) is 1.55. The molecule has 0 aromatic heterocycles. The van der Waals surface area contributed by atoms with Crippen molar-refractivity contribution in [2.75, 3.05) is 67.5 Å². The number of amides is 2. The fourth-order valence-electron chi connectivity index (χ4n) is 10.4. The van der Waals surface area contributed by atoms with Crippen molar-refractivity contribution in [3.05, 3.63) is 0 Å². The van der Waals surface area contributed by atoms with E-state index >= 15 is 0 Å². The van der Waals surface area contributed by atoms with E-state index in [0.29, 0.717) is 11.8 Å². The first-order valence-electron chi connectivity index (χ1n) is 22.2. The number of rotatable bonds is 30. The van der Waals surface area contributed by atoms with Gasteiger partial charge in [-0.15, -0.1) is 0 Å². The Bertz CT molecular complexity index is 876. The second-order valence-electron chi connectivity index (χ2n) is 19.2. The first kappa shape index (κ1) is 43.3. The highest BCUT2D eigenvalue weighted by atomic mass is 16.2. The SMILES string of the molecule is CCCCCCCCCCCC[N+](C)(C)CCNC(=O)C12CC3CC(C1)CC(C(=O)NCC[N+](C)(C)CCCCCCCCCCCC)(C3)C2. The largest absolute Gasteiger partial charge is 0.350 e. The van der Waals surface area contributed by atoms with E-state index < -0.39 is 0 Å². The maximum absolute atomic E-state index is 13.9. The predicted octanol–water partition coefficient (Wildman–Crippen LogP) is 9.80. The molecule has 4 bridgehead atoms. The van der Waals surface area contributed by atoms with Gasteiger partial charge in [0.2, 0.25) is 11.8 Å². The molecule has 4 fully saturated rings. The van der Waals surface area contributed by atoms with E-state index in [4.69, 9.17) is 0 Å². The molecule has 0 aromatic rings. The molecule has 50 heavy (non-hydrogen) atoms. The van der Waals surface area contributed by atoms with Gasteiger partial charge in [-0.05, 0) is 76.0 Å². The molecule has 0 radical (unpaired) electrons. The molecule has 4 saturated carbocycles. The fraction of sp³-hybridized carbons (Fsp3) is 0.955. The van der Waals surface area contributed by atoms with Crippen molar-refractivity contribution >= 4 is 11.8 Å². The number of unbranched alkanes of at least 4 members (excludes halogenated alkanes) is 18. The van der Waals surface area contributed by atoms with E-state index in [9.17, 15) is 9.59 Å². The molecule has 2 amide bonds. The van der Waals surface area contributed by atoms with Gasteiger partial charge in [-0.1, -0.05) is 117 Å². The molecule has 0 spiro atoms. The minimum absolute atomic E-state index is 0.247. The topological polar surface area (TPSA) is 58.2 Å². The molecule has 292 valence electrons. The van der Waals surface area contributed by atoms with Crippen LogP contribution in [0.4, 0.5) is 0 Å². The van der Waals surface area contributed by atoms with Crippen molar-refractivity contribution in [1.82, 2.24) is 10.6 Å². The molecule has 4 aliphatic rings. The van der Waals surface area contributed by atoms with Crippen LogP contribution >= 0.6 is 0 Å². The lowest BCUT2D eigenvalue weighted by Crippen LogP contribution is -2.62. The van der Waals surface area contributed by atoms with Gasteiger partial charge in [-0.3, -0.25) is 9.59 Å². The molecule has 0 heterocycles. The van der Waals surface area contributed by atoms with Crippen LogP contribution in [0.1, 0.15) is 181 Å². The molecule has 4 rings (SSSR count). The van der Waals surface area contributed by atoms with Crippen LogP contribution in [0.25, 0.3) is 0 Å². The zero-order valence-electron chi connectivity index (χ0n) is 34.5. The number of carbonyl (C=O) groups excluding carboxylic acids is 2. The molecule has 0 saturated heterocycles. The Hall–Kier alpha value is -1.14. The standard InChI is InChI=1S/C44H84N4O2/c1-7-9-11-13-15-17-19-21-23-25-29-47(3,4)31-27-45-41(49)43-34-39-33-40(35-43)37-44(36-39,38-43)42(50)46-28-32-48(5,6)30-26-24-22-20-18-16-14-12-10-8-2/h39-40H,7-38H2,1-6H3/p+2. The lowest BCUT2D eigenvalue weighted by molar-refractivity contribution is -0.889. The second kappa shape index (κ2) is 22.2. The maximum atomic E-state index is 13.9. The number of hydrogen-bond donors (Lipinski definition) is 2. The quantitative estimate of drug-likeness (QED) is 0.0579. The number of quaternary nitrogens is 2. The van der Waals surface area contributed by atoms with Crippen LogP contribution in [0, 0.1) is 22.7 Å². The Morgan fingerprint density at radius 2 is 0.780 bits per heavy atom. The lowest BCUT2D eigenvalue weighted by atomic mass is 9.43. The second-order valence-corrected chi connectivity index (χ2v) is 19.2. The summed E-state index contributed by atoms with van der Waals surface area (Å²) in [7, 11) is 9.28. The van der Waals surface area contributed by atoms with Crippen LogP contribution in [0.15, 0.2) is 0 Å². The number of likely N-dealkylation sites (N-methyl/N-ethyl adjacent to an activating group) is 2. The number of hydrogen-bond acceptors (Lipinski definition) is 2. The monoisotopic (exact) mass is 703 g/mol. The van der Waals surface area contributed by atoms with Crippen molar-refractivity contribution < 1.29 is 18.6 Å². The summed E-state index contributed by atoms with van der Waals surface area (Å²) in [5, 5.41) is 6.82. The molecule has 0 atom stereocenters. The van der Waals surface area contributed by atoms with E-state index in [1.54, 1.807) is 0 Å². The Morgan fingerprint density at radius 1 is 0.480 bits per heavy atom. The molecule has 2 N–H and O–H groups in total. The summed E-state index contributed by atoms with van der Waals surface area (Å²) < 4.78 is 1.94. The van der Waals surface area contributed by atoms with Crippen molar-refractivity contribution in [3.8, 4) is 0 Å². The third-order valence-electron chi connectivity index (χ3n) is 13.3. The van der Waals surface area contributed by atoms with E-state index in [1.807, 2.05) is 0 Å². The van der Waals surface area contributed by atoms with Gasteiger partial charge in [0.15, 0.2) is 0 Å². The first-order chi connectivity index (χ1) is 23.9. The Labute approximate surface area is 311 Å². The summed E-state index contributed by atoms with van der Waals surface area (Å²) in [5.41, 5.74) is -0.667. The van der Waals surface area contributed by atoms with Gasteiger partial charge >= 0.3 is 0 Å². The predicted molar refractivity (Wildman–Crippen MR) is 213 cm³/mol. The number of nitrogens with one attached hydrogen (secondary N) is 2. The van der Waals surface area contributed by atoms with Crippen LogP contribution in [-0.4, -0.2) is 88.2 Å². The van der Waals surface area contributed by atoms with Crippen LogP contribution in [-0.2, 0) is 9.59 Å². The highest BCUT2D eigenvalue weighted by Gasteiger charge is 2.63. The molecular weight excluding hydrogens is 617 g/mol. The number of nitrogens with zero attached hydrogens (tertiary/aromatic N) is 2. The van der Waals surface area contributed by atoms with E-state index in [-0.39, 0.29) is 22.6 Å². The summed E-state index contributed by atoms with van der Waals surface area (Å²) in [6.07, 6.45) is 33.4. The Kier molecular flexibility index (Phi) is 19.2. The van der Waals surface area contributed by atoms with Crippen molar-refractivity contribution in [2.45, 2.75) is 181 Å². The van der Waals surface area contributed by atoms with E-state index in [0.717, 1.165) is 67.2 Å². The first-order valence-corrected chi connectivity index (χ1v) is 22.2. The van der Waals surface area contributed by atoms with Crippen LogP contribution in [0.3, 0.4) is 0 Å². The van der Waals surface area contributed by atoms with Gasteiger partial charge in [-0.25, -0.2) is 0 Å². The molecule has 6 heteroatoms. The van der Waals surface area contributed by atoms with E-state index in [1.165, 1.54) is 148 Å². The molecule has 0 aromatic carbocycles. The van der Waals surface area contributed by atoms with Crippen molar-refractivity contribution in [2.24, 2.45) is 22.7 Å². The summed E-state index contributed by atoms with van der Waals surface area (Å²) in [4.78, 5) is 27.8. The van der Waals surface area contributed by atoms with Crippen molar-refractivity contribution in [3.63, 3.8) is 0 Å². The zero-order chi connectivity index (χ0) is 36.4. The minimum atomic E-state index is -0.333. The highest BCUT2D eigenvalue weighted by Crippen LogP contribution is 2.65. The van der Waals surface area contributed by atoms with Crippen LogP contribution < -0.4 is 10.6 Å². The molecule has 0 unspecified atom stereocenters. The summed E-state index contributed by atoms with van der Waals surface area (Å²) >= 11 is 0. The van der Waals surface area contributed by atoms with Crippen LogP contribution in [0.2, 0.25) is 0 Å². The van der Waals surface area contributed by atoms with Gasteiger partial charge in [0.25, 0.3) is 0 Å². The average molecular weight is 703 g/mol. The van der Waals surface area contributed by atoms with Crippen LogP contribution in [0.5, 0.6) is 0 Å². The van der Waals surface area contributed by atoms with Gasteiger partial charge in [0.05, 0.1) is 78.3 Å². The molecule has 0 aliphatic heterocycles. The summed E-state index contributed by atoms with van der Waals surface area (Å²) in [6, 6.07) is 0. The lowest BCUT2D eigenvalue weighted by Gasteiger charge is -2.60. The number of carbonyl (C=O) groups is 2. The molecular formula is C44H86N4O2+2.